The number of carbonyl (C=O) groups excluding carboxylic acids is 1. The third-order valence-corrected chi connectivity index (χ3v) is 4.44. The van der Waals surface area contributed by atoms with Crippen molar-refractivity contribution < 1.29 is 4.79 Å². The van der Waals surface area contributed by atoms with Crippen LogP contribution in [-0.2, 0) is 11.3 Å². The predicted molar refractivity (Wildman–Crippen MR) is 82.4 cm³/mol. The fourth-order valence-corrected chi connectivity index (χ4v) is 2.89. The lowest BCUT2D eigenvalue weighted by Crippen LogP contribution is -2.47. The van der Waals surface area contributed by atoms with Gasteiger partial charge in [-0.1, -0.05) is 43.7 Å². The second kappa shape index (κ2) is 6.40. The van der Waals surface area contributed by atoms with Crippen LogP contribution in [-0.4, -0.2) is 19.0 Å². The highest BCUT2D eigenvalue weighted by molar-refractivity contribution is 5.82. The van der Waals surface area contributed by atoms with Crippen LogP contribution >= 0.6 is 0 Å². The molecule has 1 unspecified atom stereocenters. The summed E-state index contributed by atoms with van der Waals surface area (Å²) in [5.74, 6) is 0.585. The Bertz CT molecular complexity index is 462. The first-order valence-electron chi connectivity index (χ1n) is 7.54. The molecule has 1 saturated heterocycles. The van der Waals surface area contributed by atoms with Crippen molar-refractivity contribution in [2.24, 2.45) is 11.3 Å². The quantitative estimate of drug-likeness (QED) is 0.886. The van der Waals surface area contributed by atoms with Crippen molar-refractivity contribution in [3.63, 3.8) is 0 Å². The van der Waals surface area contributed by atoms with Crippen molar-refractivity contribution in [3.05, 3.63) is 35.4 Å². The van der Waals surface area contributed by atoms with Crippen molar-refractivity contribution in [2.75, 3.05) is 13.1 Å². The average molecular weight is 274 g/mol. The number of amides is 1. The van der Waals surface area contributed by atoms with Gasteiger partial charge in [-0.2, -0.15) is 0 Å². The zero-order chi connectivity index (χ0) is 14.6. The van der Waals surface area contributed by atoms with Crippen molar-refractivity contribution in [1.29, 1.82) is 0 Å². The Morgan fingerprint density at radius 3 is 2.90 bits per heavy atom. The minimum absolute atomic E-state index is 0.160. The number of aryl methyl sites for hydroxylation is 1. The van der Waals surface area contributed by atoms with Gasteiger partial charge in [-0.15, -0.1) is 0 Å². The van der Waals surface area contributed by atoms with E-state index in [-0.39, 0.29) is 11.3 Å². The number of hydrogen-bond acceptors (Lipinski definition) is 2. The maximum atomic E-state index is 12.5. The topological polar surface area (TPSA) is 41.1 Å². The Morgan fingerprint density at radius 2 is 2.25 bits per heavy atom. The molecule has 0 radical (unpaired) electrons. The van der Waals surface area contributed by atoms with Crippen molar-refractivity contribution in [1.82, 2.24) is 10.6 Å². The number of benzene rings is 1. The van der Waals surface area contributed by atoms with E-state index in [9.17, 15) is 4.79 Å². The molecule has 1 aromatic rings. The summed E-state index contributed by atoms with van der Waals surface area (Å²) in [7, 11) is 0. The van der Waals surface area contributed by atoms with Crippen molar-refractivity contribution >= 4 is 5.91 Å². The number of hydrogen-bond donors (Lipinski definition) is 2. The van der Waals surface area contributed by atoms with Gasteiger partial charge in [-0.3, -0.25) is 4.79 Å². The van der Waals surface area contributed by atoms with Crippen LogP contribution in [0.1, 0.15) is 37.8 Å². The highest BCUT2D eigenvalue weighted by Gasteiger charge is 2.36. The van der Waals surface area contributed by atoms with Gasteiger partial charge in [-0.25, -0.2) is 0 Å². The first kappa shape index (κ1) is 15.0. The molecule has 0 saturated carbocycles. The zero-order valence-electron chi connectivity index (χ0n) is 12.8. The second-order valence-electron chi connectivity index (χ2n) is 6.44. The number of rotatable bonds is 4. The SMILES string of the molecule is Cc1cccc(CNC(=O)C(C)(C)C2CCCNC2)c1. The second-order valence-corrected chi connectivity index (χ2v) is 6.44. The molecular weight excluding hydrogens is 248 g/mol. The van der Waals surface area contributed by atoms with Crippen LogP contribution < -0.4 is 10.6 Å². The van der Waals surface area contributed by atoms with Crippen molar-refractivity contribution in [3.8, 4) is 0 Å². The van der Waals surface area contributed by atoms with Gasteiger partial charge in [0.2, 0.25) is 5.91 Å². The maximum Gasteiger partial charge on any atom is 0.226 e. The van der Waals surface area contributed by atoms with Crippen LogP contribution in [0.3, 0.4) is 0 Å². The molecule has 1 aromatic carbocycles. The highest BCUT2D eigenvalue weighted by Crippen LogP contribution is 2.31. The van der Waals surface area contributed by atoms with Crippen LogP contribution in [0.4, 0.5) is 0 Å². The van der Waals surface area contributed by atoms with E-state index in [2.05, 4.69) is 49.6 Å². The van der Waals surface area contributed by atoms with Crippen LogP contribution in [0.5, 0.6) is 0 Å². The molecule has 0 spiro atoms. The minimum atomic E-state index is -0.308. The smallest absolute Gasteiger partial charge is 0.226 e. The standard InChI is InChI=1S/C17H26N2O/c1-13-6-4-7-14(10-13)11-19-16(20)17(2,3)15-8-5-9-18-12-15/h4,6-7,10,15,18H,5,8-9,11-12H2,1-3H3,(H,19,20). The molecular formula is C17H26N2O. The van der Waals surface area contributed by atoms with Gasteiger partial charge in [0.15, 0.2) is 0 Å². The molecule has 1 atom stereocenters. The Labute approximate surface area is 122 Å². The summed E-state index contributed by atoms with van der Waals surface area (Å²) in [5.41, 5.74) is 2.08. The lowest BCUT2D eigenvalue weighted by Gasteiger charge is -2.36. The van der Waals surface area contributed by atoms with E-state index < -0.39 is 0 Å². The third-order valence-electron chi connectivity index (χ3n) is 4.44. The predicted octanol–water partition coefficient (Wildman–Crippen LogP) is 2.64. The highest BCUT2D eigenvalue weighted by atomic mass is 16.2. The molecule has 2 rings (SSSR count). The van der Waals surface area contributed by atoms with E-state index >= 15 is 0 Å². The van der Waals surface area contributed by atoms with E-state index in [0.29, 0.717) is 12.5 Å². The van der Waals surface area contributed by atoms with Crippen LogP contribution in [0.2, 0.25) is 0 Å². The zero-order valence-corrected chi connectivity index (χ0v) is 12.8. The molecule has 1 aliphatic rings. The molecule has 1 heterocycles. The first-order chi connectivity index (χ1) is 9.50. The van der Waals surface area contributed by atoms with Gasteiger partial charge in [-0.05, 0) is 44.3 Å². The molecule has 3 nitrogen and oxygen atoms in total. The molecule has 1 aliphatic heterocycles. The molecule has 3 heteroatoms. The van der Waals surface area contributed by atoms with E-state index in [1.54, 1.807) is 0 Å². The van der Waals surface area contributed by atoms with Crippen LogP contribution in [0.25, 0.3) is 0 Å². The summed E-state index contributed by atoms with van der Waals surface area (Å²) in [6, 6.07) is 8.29. The summed E-state index contributed by atoms with van der Waals surface area (Å²) in [4.78, 5) is 12.5. The Balaban J connectivity index is 1.93. The molecule has 110 valence electrons. The molecule has 2 N–H and O–H groups in total. The molecule has 20 heavy (non-hydrogen) atoms. The molecule has 1 amide bonds. The first-order valence-corrected chi connectivity index (χ1v) is 7.54. The Morgan fingerprint density at radius 1 is 1.45 bits per heavy atom. The van der Waals surface area contributed by atoms with Crippen LogP contribution in [0, 0.1) is 18.3 Å². The molecule has 1 fully saturated rings. The molecule has 0 aliphatic carbocycles. The monoisotopic (exact) mass is 274 g/mol. The fourth-order valence-electron chi connectivity index (χ4n) is 2.89. The summed E-state index contributed by atoms with van der Waals surface area (Å²) in [6.45, 7) is 8.85. The van der Waals surface area contributed by atoms with Gasteiger partial charge in [0.1, 0.15) is 0 Å². The lowest BCUT2D eigenvalue weighted by molar-refractivity contribution is -0.132. The van der Waals surface area contributed by atoms with E-state index in [1.165, 1.54) is 12.0 Å². The lowest BCUT2D eigenvalue weighted by atomic mass is 9.74. The van der Waals surface area contributed by atoms with E-state index in [4.69, 9.17) is 0 Å². The van der Waals surface area contributed by atoms with Gasteiger partial charge in [0, 0.05) is 12.0 Å². The number of carbonyl (C=O) groups is 1. The summed E-state index contributed by atoms with van der Waals surface area (Å²) in [5, 5.41) is 6.49. The number of piperidine rings is 1. The third kappa shape index (κ3) is 3.60. The van der Waals surface area contributed by atoms with E-state index in [1.807, 2.05) is 6.07 Å². The van der Waals surface area contributed by atoms with Crippen molar-refractivity contribution in [2.45, 2.75) is 40.2 Å². The van der Waals surface area contributed by atoms with Gasteiger partial charge < -0.3 is 10.6 Å². The Kier molecular flexibility index (Phi) is 4.81. The van der Waals surface area contributed by atoms with Gasteiger partial charge in [0.05, 0.1) is 0 Å². The van der Waals surface area contributed by atoms with Crippen LogP contribution in [0.15, 0.2) is 24.3 Å². The maximum absolute atomic E-state index is 12.5. The summed E-state index contributed by atoms with van der Waals surface area (Å²) < 4.78 is 0. The number of nitrogens with one attached hydrogen (secondary N) is 2. The van der Waals surface area contributed by atoms with Gasteiger partial charge >= 0.3 is 0 Å². The normalized spacial score (nSPS) is 19.6. The average Bonchev–Trinajstić information content (AvgIpc) is 2.45. The largest absolute Gasteiger partial charge is 0.352 e. The molecule has 0 bridgehead atoms. The Hall–Kier alpha value is -1.35. The minimum Gasteiger partial charge on any atom is -0.352 e. The summed E-state index contributed by atoms with van der Waals surface area (Å²) in [6.07, 6.45) is 2.30. The van der Waals surface area contributed by atoms with Gasteiger partial charge in [0.25, 0.3) is 0 Å². The summed E-state index contributed by atoms with van der Waals surface area (Å²) >= 11 is 0. The van der Waals surface area contributed by atoms with E-state index in [0.717, 1.165) is 25.1 Å². The molecule has 0 aromatic heterocycles. The fraction of sp³-hybridized carbons (Fsp3) is 0.588.